The first kappa shape index (κ1) is 14.7. The molecule has 5 heteroatoms. The summed E-state index contributed by atoms with van der Waals surface area (Å²) in [6.07, 6.45) is 0. The van der Waals surface area contributed by atoms with E-state index in [0.29, 0.717) is 15.6 Å². The van der Waals surface area contributed by atoms with Crippen LogP contribution in [0.1, 0.15) is 28.9 Å². The summed E-state index contributed by atoms with van der Waals surface area (Å²) in [6, 6.07) is 9.50. The minimum absolute atomic E-state index is 0.328. The Bertz CT molecular complexity index is 646. The van der Waals surface area contributed by atoms with Crippen LogP contribution in [0.25, 0.3) is 0 Å². The van der Waals surface area contributed by atoms with Gasteiger partial charge in [0.25, 0.3) is 5.91 Å². The fraction of sp³-hybridized carbons (Fsp3) is 0.133. The number of halogens is 3. The second kappa shape index (κ2) is 6.13. The molecule has 1 amide bonds. The fourth-order valence-corrected chi connectivity index (χ4v) is 2.34. The van der Waals surface area contributed by atoms with Crippen molar-refractivity contribution in [3.8, 4) is 0 Å². The average Bonchev–Trinajstić information content (AvgIpc) is 2.38. The zero-order chi connectivity index (χ0) is 14.7. The molecule has 0 bridgehead atoms. The SMILES string of the molecule is CC(NC(=O)c1ccc(F)cc1Br)c1cccc(F)c1. The zero-order valence-corrected chi connectivity index (χ0v) is 12.2. The molecule has 0 radical (unpaired) electrons. The van der Waals surface area contributed by atoms with Crippen LogP contribution in [-0.2, 0) is 0 Å². The second-order valence-electron chi connectivity index (χ2n) is 4.37. The molecule has 0 spiro atoms. The van der Waals surface area contributed by atoms with Gasteiger partial charge in [0.1, 0.15) is 11.6 Å². The summed E-state index contributed by atoms with van der Waals surface area (Å²) in [7, 11) is 0. The largest absolute Gasteiger partial charge is 0.345 e. The number of carbonyl (C=O) groups excluding carboxylic acids is 1. The van der Waals surface area contributed by atoms with Gasteiger partial charge in [-0.1, -0.05) is 12.1 Å². The van der Waals surface area contributed by atoms with Crippen molar-refractivity contribution in [1.82, 2.24) is 5.32 Å². The summed E-state index contributed by atoms with van der Waals surface area (Å²) in [4.78, 5) is 12.1. The van der Waals surface area contributed by atoms with E-state index >= 15 is 0 Å². The second-order valence-corrected chi connectivity index (χ2v) is 5.23. The van der Waals surface area contributed by atoms with E-state index in [1.807, 2.05) is 0 Å². The molecule has 2 aromatic carbocycles. The molecule has 0 heterocycles. The van der Waals surface area contributed by atoms with Crippen LogP contribution in [0.15, 0.2) is 46.9 Å². The Morgan fingerprint density at radius 3 is 2.50 bits per heavy atom. The highest BCUT2D eigenvalue weighted by molar-refractivity contribution is 9.10. The van der Waals surface area contributed by atoms with Gasteiger partial charge in [-0.05, 0) is 58.7 Å². The van der Waals surface area contributed by atoms with Gasteiger partial charge >= 0.3 is 0 Å². The molecule has 2 rings (SSSR count). The van der Waals surface area contributed by atoms with Crippen LogP contribution < -0.4 is 5.32 Å². The van der Waals surface area contributed by atoms with Crippen LogP contribution in [0.3, 0.4) is 0 Å². The molecular weight excluding hydrogens is 328 g/mol. The van der Waals surface area contributed by atoms with Crippen molar-refractivity contribution in [2.45, 2.75) is 13.0 Å². The van der Waals surface area contributed by atoms with Crippen molar-refractivity contribution in [2.75, 3.05) is 0 Å². The Morgan fingerprint density at radius 1 is 1.15 bits per heavy atom. The van der Waals surface area contributed by atoms with E-state index in [0.717, 1.165) is 0 Å². The Labute approximate surface area is 123 Å². The highest BCUT2D eigenvalue weighted by atomic mass is 79.9. The predicted molar refractivity (Wildman–Crippen MR) is 76.4 cm³/mol. The van der Waals surface area contributed by atoms with Gasteiger partial charge in [-0.3, -0.25) is 4.79 Å². The number of benzene rings is 2. The summed E-state index contributed by atoms with van der Waals surface area (Å²) < 4.78 is 26.5. The van der Waals surface area contributed by atoms with Gasteiger partial charge < -0.3 is 5.32 Å². The molecule has 0 fully saturated rings. The first-order valence-corrected chi connectivity index (χ1v) is 6.78. The van der Waals surface area contributed by atoms with Crippen molar-refractivity contribution in [2.24, 2.45) is 0 Å². The third-order valence-corrected chi connectivity index (χ3v) is 3.53. The number of amides is 1. The van der Waals surface area contributed by atoms with Gasteiger partial charge in [-0.15, -0.1) is 0 Å². The molecule has 2 nitrogen and oxygen atoms in total. The van der Waals surface area contributed by atoms with Crippen LogP contribution in [0.5, 0.6) is 0 Å². The van der Waals surface area contributed by atoms with Crippen LogP contribution >= 0.6 is 15.9 Å². The van der Waals surface area contributed by atoms with E-state index in [9.17, 15) is 13.6 Å². The number of nitrogens with one attached hydrogen (secondary N) is 1. The fourth-order valence-electron chi connectivity index (χ4n) is 1.81. The Balaban J connectivity index is 2.15. The summed E-state index contributed by atoms with van der Waals surface area (Å²) in [5, 5.41) is 2.74. The zero-order valence-electron chi connectivity index (χ0n) is 10.7. The van der Waals surface area contributed by atoms with E-state index in [1.165, 1.54) is 30.3 Å². The molecule has 1 N–H and O–H groups in total. The molecule has 0 aliphatic rings. The highest BCUT2D eigenvalue weighted by Crippen LogP contribution is 2.20. The minimum Gasteiger partial charge on any atom is -0.345 e. The number of hydrogen-bond acceptors (Lipinski definition) is 1. The predicted octanol–water partition coefficient (Wildman–Crippen LogP) is 4.22. The molecule has 0 aromatic heterocycles. The quantitative estimate of drug-likeness (QED) is 0.891. The van der Waals surface area contributed by atoms with Crippen LogP contribution in [0.4, 0.5) is 8.78 Å². The normalized spacial score (nSPS) is 12.0. The smallest absolute Gasteiger partial charge is 0.252 e. The van der Waals surface area contributed by atoms with Crippen LogP contribution in [0, 0.1) is 11.6 Å². The summed E-state index contributed by atoms with van der Waals surface area (Å²) in [5.41, 5.74) is 0.992. The Hall–Kier alpha value is -1.75. The third-order valence-electron chi connectivity index (χ3n) is 2.87. The Morgan fingerprint density at radius 2 is 1.85 bits per heavy atom. The lowest BCUT2D eigenvalue weighted by Gasteiger charge is -2.15. The van der Waals surface area contributed by atoms with Crippen molar-refractivity contribution in [3.63, 3.8) is 0 Å². The molecule has 1 atom stereocenters. The molecule has 0 aliphatic carbocycles. The maximum atomic E-state index is 13.1. The maximum absolute atomic E-state index is 13.1. The summed E-state index contributed by atoms with van der Waals surface area (Å²) in [5.74, 6) is -1.13. The van der Waals surface area contributed by atoms with Crippen LogP contribution in [-0.4, -0.2) is 5.91 Å². The monoisotopic (exact) mass is 339 g/mol. The van der Waals surface area contributed by atoms with E-state index in [1.54, 1.807) is 19.1 Å². The number of rotatable bonds is 3. The van der Waals surface area contributed by atoms with Gasteiger partial charge in [-0.2, -0.15) is 0 Å². The van der Waals surface area contributed by atoms with Crippen molar-refractivity contribution < 1.29 is 13.6 Å². The molecule has 1 unspecified atom stereocenters. The van der Waals surface area contributed by atoms with Crippen molar-refractivity contribution >= 4 is 21.8 Å². The Kier molecular flexibility index (Phi) is 4.49. The lowest BCUT2D eigenvalue weighted by atomic mass is 10.1. The molecule has 0 aliphatic heterocycles. The topological polar surface area (TPSA) is 29.1 Å². The molecule has 104 valence electrons. The summed E-state index contributed by atoms with van der Waals surface area (Å²) in [6.45, 7) is 1.75. The summed E-state index contributed by atoms with van der Waals surface area (Å²) >= 11 is 3.14. The van der Waals surface area contributed by atoms with E-state index in [2.05, 4.69) is 21.2 Å². The number of hydrogen-bond donors (Lipinski definition) is 1. The molecule has 0 saturated heterocycles. The van der Waals surface area contributed by atoms with Gasteiger partial charge in [0.15, 0.2) is 0 Å². The molecular formula is C15H12BrF2NO. The number of carbonyl (C=O) groups is 1. The molecule has 20 heavy (non-hydrogen) atoms. The van der Waals surface area contributed by atoms with Crippen molar-refractivity contribution in [3.05, 3.63) is 69.7 Å². The van der Waals surface area contributed by atoms with Crippen molar-refractivity contribution in [1.29, 1.82) is 0 Å². The van der Waals surface area contributed by atoms with Gasteiger partial charge in [0, 0.05) is 4.47 Å². The van der Waals surface area contributed by atoms with Crippen LogP contribution in [0.2, 0.25) is 0 Å². The lowest BCUT2D eigenvalue weighted by Crippen LogP contribution is -2.27. The standard InChI is InChI=1S/C15H12BrF2NO/c1-9(10-3-2-4-11(17)7-10)19-15(20)13-6-5-12(18)8-14(13)16/h2-9H,1H3,(H,19,20). The molecule has 2 aromatic rings. The minimum atomic E-state index is -0.424. The first-order valence-electron chi connectivity index (χ1n) is 5.99. The van der Waals surface area contributed by atoms with Gasteiger partial charge in [0.2, 0.25) is 0 Å². The molecule has 0 saturated carbocycles. The van der Waals surface area contributed by atoms with Gasteiger partial charge in [-0.25, -0.2) is 8.78 Å². The third kappa shape index (κ3) is 3.42. The van der Waals surface area contributed by atoms with E-state index in [4.69, 9.17) is 0 Å². The average molecular weight is 340 g/mol. The highest BCUT2D eigenvalue weighted by Gasteiger charge is 2.14. The van der Waals surface area contributed by atoms with Gasteiger partial charge in [0.05, 0.1) is 11.6 Å². The van der Waals surface area contributed by atoms with E-state index in [-0.39, 0.29) is 17.8 Å². The maximum Gasteiger partial charge on any atom is 0.252 e. The first-order chi connectivity index (χ1) is 9.47. The van der Waals surface area contributed by atoms with E-state index < -0.39 is 5.82 Å². The lowest BCUT2D eigenvalue weighted by molar-refractivity contribution is 0.0939.